The molecule has 1 aliphatic carbocycles. The van der Waals surface area contributed by atoms with Crippen molar-refractivity contribution in [1.29, 1.82) is 0 Å². The Hall–Kier alpha value is -1.14. The molecule has 0 amide bonds. The van der Waals surface area contributed by atoms with E-state index in [4.69, 9.17) is 37.4 Å². The highest BCUT2D eigenvalue weighted by Crippen LogP contribution is 2.62. The Morgan fingerprint density at radius 2 is 1.74 bits per heavy atom. The average Bonchev–Trinajstić information content (AvgIpc) is 2.81. The van der Waals surface area contributed by atoms with Gasteiger partial charge >= 0.3 is 5.97 Å². The van der Waals surface area contributed by atoms with E-state index in [1.54, 1.807) is 24.3 Å². The quantitative estimate of drug-likeness (QED) is 0.349. The summed E-state index contributed by atoms with van der Waals surface area (Å²) in [5.41, 5.74) is 0.732. The van der Waals surface area contributed by atoms with Gasteiger partial charge in [0.2, 0.25) is 10.7 Å². The van der Waals surface area contributed by atoms with Crippen molar-refractivity contribution in [3.8, 4) is 0 Å². The summed E-state index contributed by atoms with van der Waals surface area (Å²) >= 11 is 13.2. The number of halogens is 2. The molecule has 1 saturated carbocycles. The van der Waals surface area contributed by atoms with E-state index in [1.807, 2.05) is 6.07 Å². The number of aldehydes is 1. The summed E-state index contributed by atoms with van der Waals surface area (Å²) in [7, 11) is 3.79. The number of hydrogen-bond acceptors (Lipinski definition) is 5. The highest BCUT2D eigenvalue weighted by molar-refractivity contribution is 6.40. The Labute approximate surface area is 144 Å². The first-order chi connectivity index (χ1) is 10.9. The predicted molar refractivity (Wildman–Crippen MR) is 85.8 cm³/mol. The van der Waals surface area contributed by atoms with Crippen molar-refractivity contribution in [3.05, 3.63) is 35.9 Å². The van der Waals surface area contributed by atoms with Crippen LogP contribution in [0.1, 0.15) is 17.9 Å². The second kappa shape index (κ2) is 6.40. The Bertz CT molecular complexity index is 589. The molecule has 2 rings (SSSR count). The highest BCUT2D eigenvalue weighted by Gasteiger charge is 2.77. The van der Waals surface area contributed by atoms with Crippen molar-refractivity contribution < 1.29 is 23.8 Å². The van der Waals surface area contributed by atoms with Crippen LogP contribution >= 0.6 is 23.2 Å². The van der Waals surface area contributed by atoms with Crippen LogP contribution in [0.2, 0.25) is 0 Å². The molecule has 7 heteroatoms. The molecule has 0 unspecified atom stereocenters. The Morgan fingerprint density at radius 1 is 1.17 bits per heavy atom. The molecule has 0 bridgehead atoms. The monoisotopic (exact) mass is 360 g/mol. The number of hydrogen-bond donors (Lipinski definition) is 0. The fourth-order valence-electron chi connectivity index (χ4n) is 3.41. The minimum absolute atomic E-state index is 0.0579. The molecule has 3 atom stereocenters. The largest absolute Gasteiger partial charge is 0.468 e. The van der Waals surface area contributed by atoms with Gasteiger partial charge in [0.25, 0.3) is 0 Å². The Balaban J connectivity index is 2.74. The smallest absolute Gasteiger partial charge is 0.333 e. The van der Waals surface area contributed by atoms with Gasteiger partial charge in [-0.15, -0.1) is 11.6 Å². The fraction of sp³-hybridized carbons (Fsp3) is 0.500. The molecular formula is C16H18Cl2O5. The standard InChI is InChI=1S/C16H18Cl2O5/c1-21-13(20)15(18)12(11-7-5-4-6-8-11)9-14(17,10-19)16(15,22-2)23-3/h4-8,10,12H,9H2,1-3H3/t12-,14-,15+/m1/s1. The van der Waals surface area contributed by atoms with Gasteiger partial charge in [-0.3, -0.25) is 0 Å². The normalized spacial score (nSPS) is 32.5. The summed E-state index contributed by atoms with van der Waals surface area (Å²) in [6, 6.07) is 9.04. The molecule has 0 N–H and O–H groups in total. The minimum Gasteiger partial charge on any atom is -0.468 e. The summed E-state index contributed by atoms with van der Waals surface area (Å²) in [5, 5.41) is 0. The van der Waals surface area contributed by atoms with Gasteiger partial charge in [0.1, 0.15) is 6.29 Å². The third-order valence-corrected chi connectivity index (χ3v) is 5.61. The van der Waals surface area contributed by atoms with Gasteiger partial charge in [-0.2, -0.15) is 0 Å². The van der Waals surface area contributed by atoms with E-state index in [2.05, 4.69) is 0 Å². The maximum Gasteiger partial charge on any atom is 0.333 e. The van der Waals surface area contributed by atoms with E-state index in [0.717, 1.165) is 5.56 Å². The number of alkyl halides is 2. The van der Waals surface area contributed by atoms with Crippen molar-refractivity contribution >= 4 is 35.5 Å². The van der Waals surface area contributed by atoms with E-state index >= 15 is 0 Å². The Kier molecular flexibility index (Phi) is 5.06. The van der Waals surface area contributed by atoms with Crippen molar-refractivity contribution in [2.45, 2.75) is 27.9 Å². The molecule has 0 aliphatic heterocycles. The molecule has 1 fully saturated rings. The predicted octanol–water partition coefficient (Wildman–Crippen LogP) is 2.49. The van der Waals surface area contributed by atoms with Crippen LogP contribution in [0.4, 0.5) is 0 Å². The van der Waals surface area contributed by atoms with Gasteiger partial charge in [0.15, 0.2) is 4.87 Å². The minimum atomic E-state index is -1.88. The lowest BCUT2D eigenvalue weighted by atomic mass is 9.85. The molecule has 126 valence electrons. The lowest BCUT2D eigenvalue weighted by Gasteiger charge is -2.43. The van der Waals surface area contributed by atoms with Crippen molar-refractivity contribution in [2.24, 2.45) is 0 Å². The molecule has 5 nitrogen and oxygen atoms in total. The number of methoxy groups -OCH3 is 3. The number of esters is 1. The maximum atomic E-state index is 12.6. The van der Waals surface area contributed by atoms with Crippen molar-refractivity contribution in [3.63, 3.8) is 0 Å². The van der Waals surface area contributed by atoms with E-state index in [-0.39, 0.29) is 6.42 Å². The average molecular weight is 361 g/mol. The van der Waals surface area contributed by atoms with Crippen LogP contribution in [0.25, 0.3) is 0 Å². The molecule has 0 spiro atoms. The van der Waals surface area contributed by atoms with Crippen LogP contribution in [-0.4, -0.2) is 49.1 Å². The number of carbonyl (C=O) groups is 2. The molecule has 0 saturated heterocycles. The summed E-state index contributed by atoms with van der Waals surface area (Å²) in [4.78, 5) is 20.8. The number of carbonyl (C=O) groups excluding carboxylic acids is 2. The van der Waals surface area contributed by atoms with E-state index in [1.165, 1.54) is 21.3 Å². The number of benzene rings is 1. The first kappa shape index (κ1) is 18.2. The molecule has 23 heavy (non-hydrogen) atoms. The first-order valence-corrected chi connectivity index (χ1v) is 7.70. The molecule has 0 heterocycles. The van der Waals surface area contributed by atoms with Gasteiger partial charge in [-0.05, 0) is 12.0 Å². The molecule has 1 aromatic rings. The van der Waals surface area contributed by atoms with E-state index in [0.29, 0.717) is 6.29 Å². The number of ether oxygens (including phenoxy) is 3. The lowest BCUT2D eigenvalue weighted by molar-refractivity contribution is -0.235. The zero-order valence-electron chi connectivity index (χ0n) is 13.0. The first-order valence-electron chi connectivity index (χ1n) is 6.94. The second-order valence-corrected chi connectivity index (χ2v) is 6.65. The van der Waals surface area contributed by atoms with Gasteiger partial charge in [0, 0.05) is 20.1 Å². The van der Waals surface area contributed by atoms with Crippen molar-refractivity contribution in [2.75, 3.05) is 21.3 Å². The molecule has 1 aliphatic rings. The zero-order valence-corrected chi connectivity index (χ0v) is 14.6. The van der Waals surface area contributed by atoms with Crippen LogP contribution in [0, 0.1) is 0 Å². The highest BCUT2D eigenvalue weighted by atomic mass is 35.5. The Morgan fingerprint density at radius 3 is 2.17 bits per heavy atom. The molecule has 0 radical (unpaired) electrons. The summed E-state index contributed by atoms with van der Waals surface area (Å²) < 4.78 is 15.7. The van der Waals surface area contributed by atoms with E-state index in [9.17, 15) is 9.59 Å². The second-order valence-electron chi connectivity index (χ2n) is 5.38. The summed E-state index contributed by atoms with van der Waals surface area (Å²) in [6.07, 6.45) is 0.562. The van der Waals surface area contributed by atoms with E-state index < -0.39 is 27.4 Å². The van der Waals surface area contributed by atoms with Gasteiger partial charge in [-0.1, -0.05) is 41.9 Å². The van der Waals surface area contributed by atoms with Crippen LogP contribution in [0.5, 0.6) is 0 Å². The van der Waals surface area contributed by atoms with Gasteiger partial charge in [-0.25, -0.2) is 4.79 Å². The molecular weight excluding hydrogens is 343 g/mol. The zero-order chi connectivity index (χ0) is 17.3. The lowest BCUT2D eigenvalue weighted by Crippen LogP contribution is -2.64. The molecule has 0 aromatic heterocycles. The van der Waals surface area contributed by atoms with Crippen molar-refractivity contribution in [1.82, 2.24) is 0 Å². The third-order valence-electron chi connectivity index (χ3n) is 4.45. The SMILES string of the molecule is COC(=O)[C@@]1(Cl)[C@@H](c2ccccc2)C[C@@](Cl)(C=O)C1(OC)OC. The number of rotatable bonds is 5. The van der Waals surface area contributed by atoms with Gasteiger partial charge < -0.3 is 19.0 Å². The summed E-state index contributed by atoms with van der Waals surface area (Å²) in [5.74, 6) is -3.29. The fourth-order valence-corrected chi connectivity index (χ4v) is 4.52. The molecule has 1 aromatic carbocycles. The summed E-state index contributed by atoms with van der Waals surface area (Å²) in [6.45, 7) is 0. The van der Waals surface area contributed by atoms with Crippen LogP contribution in [-0.2, 0) is 23.8 Å². The topological polar surface area (TPSA) is 61.8 Å². The van der Waals surface area contributed by atoms with Crippen LogP contribution < -0.4 is 0 Å². The van der Waals surface area contributed by atoms with Crippen LogP contribution in [0.15, 0.2) is 30.3 Å². The maximum absolute atomic E-state index is 12.6. The third kappa shape index (κ3) is 2.30. The van der Waals surface area contributed by atoms with Gasteiger partial charge in [0.05, 0.1) is 7.11 Å². The van der Waals surface area contributed by atoms with Crippen LogP contribution in [0.3, 0.4) is 0 Å².